The first-order valence-corrected chi connectivity index (χ1v) is 6.49. The van der Waals surface area contributed by atoms with Gasteiger partial charge in [-0.3, -0.25) is 4.79 Å². The summed E-state index contributed by atoms with van der Waals surface area (Å²) < 4.78 is 0. The van der Waals surface area contributed by atoms with Crippen molar-refractivity contribution in [3.63, 3.8) is 0 Å². The van der Waals surface area contributed by atoms with Gasteiger partial charge in [0.2, 0.25) is 5.91 Å². The molecule has 0 radical (unpaired) electrons. The minimum absolute atomic E-state index is 0.00465. The molecule has 0 spiro atoms. The van der Waals surface area contributed by atoms with Crippen molar-refractivity contribution >= 4 is 17.6 Å². The fourth-order valence-corrected chi connectivity index (χ4v) is 2.26. The number of aromatic carboxylic acids is 1. The number of carbonyl (C=O) groups is 2. The molecule has 1 saturated heterocycles. The molecule has 0 unspecified atom stereocenters. The number of hydrogen-bond donors (Lipinski definition) is 3. The number of carboxylic acids is 1. The molecule has 0 atom stereocenters. The predicted molar refractivity (Wildman–Crippen MR) is 72.2 cm³/mol. The SMILES string of the molecule is O=C(CC1CCNCC1)Nc1ccc(C(=O)O)cc1. The molecule has 5 heteroatoms. The standard InChI is InChI=1S/C14H18N2O3/c17-13(9-10-5-7-15-8-6-10)16-12-3-1-11(2-4-12)14(18)19/h1-4,10,15H,5-9H2,(H,16,17)(H,18,19). The zero-order valence-corrected chi connectivity index (χ0v) is 10.7. The van der Waals surface area contributed by atoms with Crippen LogP contribution in [0.4, 0.5) is 5.69 Å². The van der Waals surface area contributed by atoms with Crippen molar-refractivity contribution in [3.05, 3.63) is 29.8 Å². The lowest BCUT2D eigenvalue weighted by molar-refractivity contribution is -0.117. The Labute approximate surface area is 112 Å². The van der Waals surface area contributed by atoms with Crippen molar-refractivity contribution in [3.8, 4) is 0 Å². The molecule has 0 aromatic heterocycles. The maximum Gasteiger partial charge on any atom is 0.335 e. The van der Waals surface area contributed by atoms with Crippen LogP contribution in [0.1, 0.15) is 29.6 Å². The van der Waals surface area contributed by atoms with Gasteiger partial charge in [0.25, 0.3) is 0 Å². The van der Waals surface area contributed by atoms with E-state index >= 15 is 0 Å². The number of anilines is 1. The number of piperidine rings is 1. The van der Waals surface area contributed by atoms with Gasteiger partial charge in [-0.2, -0.15) is 0 Å². The van der Waals surface area contributed by atoms with E-state index in [9.17, 15) is 9.59 Å². The Kier molecular flexibility index (Phi) is 4.52. The molecule has 3 N–H and O–H groups in total. The van der Waals surface area contributed by atoms with Gasteiger partial charge >= 0.3 is 5.97 Å². The molecular formula is C14H18N2O3. The average Bonchev–Trinajstić information content (AvgIpc) is 2.40. The lowest BCUT2D eigenvalue weighted by Crippen LogP contribution is -2.30. The summed E-state index contributed by atoms with van der Waals surface area (Å²) in [6.07, 6.45) is 2.60. The van der Waals surface area contributed by atoms with Crippen LogP contribution in [0, 0.1) is 5.92 Å². The first-order chi connectivity index (χ1) is 9.15. The maximum absolute atomic E-state index is 11.9. The van der Waals surface area contributed by atoms with Crippen LogP contribution >= 0.6 is 0 Å². The Hall–Kier alpha value is -1.88. The summed E-state index contributed by atoms with van der Waals surface area (Å²) in [6, 6.07) is 6.21. The van der Waals surface area contributed by atoms with Crippen LogP contribution in [0.5, 0.6) is 0 Å². The minimum Gasteiger partial charge on any atom is -0.478 e. The normalized spacial score (nSPS) is 16.0. The summed E-state index contributed by atoms with van der Waals surface area (Å²) in [5.41, 5.74) is 0.861. The van der Waals surface area contributed by atoms with Crippen LogP contribution in [0.2, 0.25) is 0 Å². The second-order valence-electron chi connectivity index (χ2n) is 4.83. The Bertz CT molecular complexity index is 450. The van der Waals surface area contributed by atoms with Crippen LogP contribution in [0.25, 0.3) is 0 Å². The molecule has 19 heavy (non-hydrogen) atoms. The Morgan fingerprint density at radius 2 is 1.84 bits per heavy atom. The quantitative estimate of drug-likeness (QED) is 0.772. The van der Waals surface area contributed by atoms with E-state index in [-0.39, 0.29) is 11.5 Å². The van der Waals surface area contributed by atoms with Gasteiger partial charge in [-0.05, 0) is 56.1 Å². The molecule has 1 aromatic rings. The molecular weight excluding hydrogens is 244 g/mol. The summed E-state index contributed by atoms with van der Waals surface area (Å²) in [5, 5.41) is 14.9. The molecule has 102 valence electrons. The first kappa shape index (κ1) is 13.5. The van der Waals surface area contributed by atoms with E-state index in [0.717, 1.165) is 25.9 Å². The van der Waals surface area contributed by atoms with Crippen LogP contribution in [0.15, 0.2) is 24.3 Å². The van der Waals surface area contributed by atoms with Crippen molar-refractivity contribution in [2.24, 2.45) is 5.92 Å². The van der Waals surface area contributed by atoms with Crippen LogP contribution < -0.4 is 10.6 Å². The summed E-state index contributed by atoms with van der Waals surface area (Å²) in [7, 11) is 0. The van der Waals surface area contributed by atoms with Crippen molar-refractivity contribution < 1.29 is 14.7 Å². The second kappa shape index (κ2) is 6.33. The van der Waals surface area contributed by atoms with Crippen molar-refractivity contribution in [2.75, 3.05) is 18.4 Å². The number of amides is 1. The smallest absolute Gasteiger partial charge is 0.335 e. The van der Waals surface area contributed by atoms with Crippen LogP contribution in [0.3, 0.4) is 0 Å². The number of benzene rings is 1. The van der Waals surface area contributed by atoms with Gasteiger partial charge in [-0.1, -0.05) is 0 Å². The van der Waals surface area contributed by atoms with Crippen molar-refractivity contribution in [1.82, 2.24) is 5.32 Å². The fraction of sp³-hybridized carbons (Fsp3) is 0.429. The number of nitrogens with one attached hydrogen (secondary N) is 2. The highest BCUT2D eigenvalue weighted by Crippen LogP contribution is 2.17. The third-order valence-corrected chi connectivity index (χ3v) is 3.35. The molecule has 1 fully saturated rings. The Morgan fingerprint density at radius 1 is 1.21 bits per heavy atom. The maximum atomic E-state index is 11.9. The molecule has 5 nitrogen and oxygen atoms in total. The largest absolute Gasteiger partial charge is 0.478 e. The number of rotatable bonds is 4. The van der Waals surface area contributed by atoms with E-state index in [1.807, 2.05) is 0 Å². The zero-order valence-electron chi connectivity index (χ0n) is 10.7. The molecule has 1 aliphatic heterocycles. The third kappa shape index (κ3) is 4.06. The van der Waals surface area contributed by atoms with Crippen LogP contribution in [-0.4, -0.2) is 30.1 Å². The molecule has 2 rings (SSSR count). The van der Waals surface area contributed by atoms with E-state index in [1.165, 1.54) is 12.1 Å². The highest BCUT2D eigenvalue weighted by atomic mass is 16.4. The molecule has 0 aliphatic carbocycles. The van der Waals surface area contributed by atoms with Gasteiger partial charge in [0, 0.05) is 12.1 Å². The summed E-state index contributed by atoms with van der Waals surface area (Å²) in [6.45, 7) is 1.95. The van der Waals surface area contributed by atoms with Gasteiger partial charge in [0.1, 0.15) is 0 Å². The van der Waals surface area contributed by atoms with E-state index in [4.69, 9.17) is 5.11 Å². The predicted octanol–water partition coefficient (Wildman–Crippen LogP) is 1.71. The fourth-order valence-electron chi connectivity index (χ4n) is 2.26. The molecule has 1 amide bonds. The molecule has 0 bridgehead atoms. The number of hydrogen-bond acceptors (Lipinski definition) is 3. The van der Waals surface area contributed by atoms with E-state index in [0.29, 0.717) is 18.0 Å². The molecule has 1 heterocycles. The van der Waals surface area contributed by atoms with Crippen molar-refractivity contribution in [2.45, 2.75) is 19.3 Å². The monoisotopic (exact) mass is 262 g/mol. The second-order valence-corrected chi connectivity index (χ2v) is 4.83. The van der Waals surface area contributed by atoms with Gasteiger partial charge in [0.15, 0.2) is 0 Å². The Morgan fingerprint density at radius 3 is 2.42 bits per heavy atom. The van der Waals surface area contributed by atoms with E-state index < -0.39 is 5.97 Å². The zero-order chi connectivity index (χ0) is 13.7. The Balaban J connectivity index is 1.85. The topological polar surface area (TPSA) is 78.4 Å². The number of carboxylic acid groups (broad SMARTS) is 1. The van der Waals surface area contributed by atoms with E-state index in [1.54, 1.807) is 12.1 Å². The van der Waals surface area contributed by atoms with Crippen molar-refractivity contribution in [1.29, 1.82) is 0 Å². The lowest BCUT2D eigenvalue weighted by Gasteiger charge is -2.21. The third-order valence-electron chi connectivity index (χ3n) is 3.35. The molecule has 1 aliphatic rings. The average molecular weight is 262 g/mol. The first-order valence-electron chi connectivity index (χ1n) is 6.49. The summed E-state index contributed by atoms with van der Waals surface area (Å²) >= 11 is 0. The van der Waals surface area contributed by atoms with Gasteiger partial charge in [-0.15, -0.1) is 0 Å². The summed E-state index contributed by atoms with van der Waals surface area (Å²) in [4.78, 5) is 22.6. The van der Waals surface area contributed by atoms with Gasteiger partial charge in [-0.25, -0.2) is 4.79 Å². The van der Waals surface area contributed by atoms with E-state index in [2.05, 4.69) is 10.6 Å². The number of carbonyl (C=O) groups excluding carboxylic acids is 1. The minimum atomic E-state index is -0.965. The highest BCUT2D eigenvalue weighted by Gasteiger charge is 2.16. The van der Waals surface area contributed by atoms with Crippen LogP contribution in [-0.2, 0) is 4.79 Å². The lowest BCUT2D eigenvalue weighted by atomic mass is 9.94. The van der Waals surface area contributed by atoms with Gasteiger partial charge in [0.05, 0.1) is 5.56 Å². The van der Waals surface area contributed by atoms with Gasteiger partial charge < -0.3 is 15.7 Å². The molecule has 0 saturated carbocycles. The summed E-state index contributed by atoms with van der Waals surface area (Å²) in [5.74, 6) is -0.526. The highest BCUT2D eigenvalue weighted by molar-refractivity contribution is 5.92. The molecule has 1 aromatic carbocycles.